The first-order chi connectivity index (χ1) is 23.7. The molecule has 1 rings (SSSR count). The fourth-order valence-corrected chi connectivity index (χ4v) is 6.95. The summed E-state index contributed by atoms with van der Waals surface area (Å²) in [6, 6.07) is 6.35. The highest BCUT2D eigenvalue weighted by Gasteiger charge is 2.01. The smallest absolute Gasteiger partial charge is 0.319 e. The highest BCUT2D eigenvalue weighted by atomic mass is 16.3. The molecule has 48 heavy (non-hydrogen) atoms. The van der Waals surface area contributed by atoms with E-state index in [4.69, 9.17) is 0 Å². The van der Waals surface area contributed by atoms with E-state index in [1.807, 2.05) is 0 Å². The van der Waals surface area contributed by atoms with Gasteiger partial charge in [0.25, 0.3) is 0 Å². The zero-order valence-electron chi connectivity index (χ0n) is 32.1. The van der Waals surface area contributed by atoms with Crippen LogP contribution in [0.2, 0.25) is 0 Å². The van der Waals surface area contributed by atoms with Gasteiger partial charge in [0.05, 0.1) is 0 Å². The molecular formula is C44H82N2O2. The lowest BCUT2D eigenvalue weighted by Gasteiger charge is -2.07. The van der Waals surface area contributed by atoms with Crippen molar-refractivity contribution in [2.75, 3.05) is 11.9 Å². The Morgan fingerprint density at radius 2 is 0.667 bits per heavy atom. The molecule has 0 aliphatic heterocycles. The van der Waals surface area contributed by atoms with Crippen molar-refractivity contribution in [3.8, 4) is 5.75 Å². The van der Waals surface area contributed by atoms with Crippen molar-refractivity contribution in [2.24, 2.45) is 0 Å². The molecule has 4 heteroatoms. The summed E-state index contributed by atoms with van der Waals surface area (Å²) in [5.74, 6) is 0.202. The molecule has 0 aromatic heterocycles. The molecule has 2 amide bonds. The monoisotopic (exact) mass is 671 g/mol. The number of phenols is 1. The lowest BCUT2D eigenvalue weighted by Crippen LogP contribution is -2.29. The summed E-state index contributed by atoms with van der Waals surface area (Å²) in [7, 11) is 0. The number of carbonyl (C=O) groups is 1. The molecule has 0 aliphatic rings. The standard InChI is InChI=1S/C44H82N2O2/c1-2-3-4-5-6-7-8-9-10-11-12-13-14-15-16-17-18-19-20-21-22-23-24-25-26-27-28-29-30-31-32-33-34-35-36-41-45-44(48)46-42-37-39-43(47)40-38-42/h37-40,47H,2-36,41H2,1H3,(H2,45,46,48). The molecule has 0 radical (unpaired) electrons. The van der Waals surface area contributed by atoms with Crippen molar-refractivity contribution >= 4 is 11.7 Å². The van der Waals surface area contributed by atoms with Gasteiger partial charge in [0, 0.05) is 12.2 Å². The Kier molecular flexibility index (Phi) is 33.8. The molecule has 0 unspecified atom stereocenters. The van der Waals surface area contributed by atoms with Crippen molar-refractivity contribution in [2.45, 2.75) is 232 Å². The molecule has 4 nitrogen and oxygen atoms in total. The lowest BCUT2D eigenvalue weighted by atomic mass is 10.0. The van der Waals surface area contributed by atoms with E-state index in [0.29, 0.717) is 12.2 Å². The molecule has 3 N–H and O–H groups in total. The highest BCUT2D eigenvalue weighted by molar-refractivity contribution is 5.89. The van der Waals surface area contributed by atoms with Crippen LogP contribution in [-0.4, -0.2) is 17.7 Å². The van der Waals surface area contributed by atoms with Crippen LogP contribution in [0.25, 0.3) is 0 Å². The zero-order valence-corrected chi connectivity index (χ0v) is 32.1. The largest absolute Gasteiger partial charge is 0.508 e. The number of unbranched alkanes of at least 4 members (excludes halogenated alkanes) is 34. The number of phenolic OH excluding ortho intramolecular Hbond substituents is 1. The van der Waals surface area contributed by atoms with Gasteiger partial charge in [-0.1, -0.05) is 225 Å². The summed E-state index contributed by atoms with van der Waals surface area (Å²) >= 11 is 0. The molecule has 280 valence electrons. The number of aromatic hydroxyl groups is 1. The van der Waals surface area contributed by atoms with Gasteiger partial charge < -0.3 is 15.7 Å². The number of hydrogen-bond acceptors (Lipinski definition) is 2. The SMILES string of the molecule is CCCCCCCCCCCCCCCCCCCCCCCCCCCCCCCCCCCCCNC(=O)Nc1ccc(O)cc1. The number of rotatable bonds is 37. The van der Waals surface area contributed by atoms with Crippen LogP contribution in [0.5, 0.6) is 5.75 Å². The number of nitrogens with one attached hydrogen (secondary N) is 2. The van der Waals surface area contributed by atoms with E-state index >= 15 is 0 Å². The van der Waals surface area contributed by atoms with Crippen LogP contribution in [0.3, 0.4) is 0 Å². The third kappa shape index (κ3) is 32.8. The number of urea groups is 1. The molecule has 0 heterocycles. The van der Waals surface area contributed by atoms with Gasteiger partial charge in [0.1, 0.15) is 5.75 Å². The molecule has 1 aromatic rings. The van der Waals surface area contributed by atoms with Crippen LogP contribution < -0.4 is 10.6 Å². The molecule has 0 bridgehead atoms. The minimum atomic E-state index is -0.179. The quantitative estimate of drug-likeness (QED) is 0.0487. The van der Waals surface area contributed by atoms with Gasteiger partial charge in [0.15, 0.2) is 0 Å². The number of hydrogen-bond donors (Lipinski definition) is 3. The maximum Gasteiger partial charge on any atom is 0.319 e. The molecule has 0 saturated heterocycles. The van der Waals surface area contributed by atoms with E-state index in [-0.39, 0.29) is 11.8 Å². The first-order valence-corrected chi connectivity index (χ1v) is 21.6. The van der Waals surface area contributed by atoms with E-state index in [9.17, 15) is 9.90 Å². The first-order valence-electron chi connectivity index (χ1n) is 21.6. The second-order valence-corrected chi connectivity index (χ2v) is 14.9. The third-order valence-corrected chi connectivity index (χ3v) is 10.2. The number of amides is 2. The summed E-state index contributed by atoms with van der Waals surface area (Å²) in [6.07, 6.45) is 49.9. The van der Waals surface area contributed by atoms with Crippen molar-refractivity contribution in [1.82, 2.24) is 5.32 Å². The summed E-state index contributed by atoms with van der Waals surface area (Å²) in [5.41, 5.74) is 0.691. The Morgan fingerprint density at radius 3 is 0.938 bits per heavy atom. The molecule has 0 aliphatic carbocycles. The van der Waals surface area contributed by atoms with Gasteiger partial charge in [-0.25, -0.2) is 4.79 Å². The third-order valence-electron chi connectivity index (χ3n) is 10.2. The van der Waals surface area contributed by atoms with Crippen LogP contribution in [0.15, 0.2) is 24.3 Å². The van der Waals surface area contributed by atoms with E-state index in [2.05, 4.69) is 17.6 Å². The number of anilines is 1. The Balaban J connectivity index is 1.64. The number of carbonyl (C=O) groups excluding carboxylic acids is 1. The fourth-order valence-electron chi connectivity index (χ4n) is 6.95. The predicted octanol–water partition coefficient (Wildman–Crippen LogP) is 15.2. The normalized spacial score (nSPS) is 11.3. The molecule has 0 spiro atoms. The average Bonchev–Trinajstić information content (AvgIpc) is 3.09. The van der Waals surface area contributed by atoms with Gasteiger partial charge >= 0.3 is 6.03 Å². The van der Waals surface area contributed by atoms with Crippen molar-refractivity contribution in [1.29, 1.82) is 0 Å². The predicted molar refractivity (Wildman–Crippen MR) is 212 cm³/mol. The van der Waals surface area contributed by atoms with Crippen LogP contribution >= 0.6 is 0 Å². The topological polar surface area (TPSA) is 61.4 Å². The lowest BCUT2D eigenvalue weighted by molar-refractivity contribution is 0.252. The van der Waals surface area contributed by atoms with Crippen LogP contribution in [0.1, 0.15) is 232 Å². The van der Waals surface area contributed by atoms with Gasteiger partial charge in [-0.2, -0.15) is 0 Å². The second-order valence-electron chi connectivity index (χ2n) is 14.9. The van der Waals surface area contributed by atoms with Crippen LogP contribution in [0, 0.1) is 0 Å². The molecule has 1 aromatic carbocycles. The Morgan fingerprint density at radius 1 is 0.417 bits per heavy atom. The molecular weight excluding hydrogens is 588 g/mol. The first kappa shape index (κ1) is 44.3. The maximum absolute atomic E-state index is 11.9. The van der Waals surface area contributed by atoms with Crippen molar-refractivity contribution in [3.05, 3.63) is 24.3 Å². The van der Waals surface area contributed by atoms with E-state index < -0.39 is 0 Å². The van der Waals surface area contributed by atoms with Gasteiger partial charge in [-0.15, -0.1) is 0 Å². The van der Waals surface area contributed by atoms with Crippen molar-refractivity contribution in [3.63, 3.8) is 0 Å². The maximum atomic E-state index is 11.9. The summed E-state index contributed by atoms with van der Waals surface area (Å²) in [6.45, 7) is 3.02. The van der Waals surface area contributed by atoms with E-state index in [1.165, 1.54) is 218 Å². The van der Waals surface area contributed by atoms with Crippen LogP contribution in [0.4, 0.5) is 10.5 Å². The Bertz CT molecular complexity index is 781. The molecule has 0 saturated carbocycles. The summed E-state index contributed by atoms with van der Waals surface area (Å²) < 4.78 is 0. The average molecular weight is 671 g/mol. The fraction of sp³-hybridized carbons (Fsp3) is 0.841. The summed E-state index contributed by atoms with van der Waals surface area (Å²) in [5, 5.41) is 15.0. The second kappa shape index (κ2) is 36.6. The Hall–Kier alpha value is -1.71. The van der Waals surface area contributed by atoms with Gasteiger partial charge in [-0.3, -0.25) is 0 Å². The minimum Gasteiger partial charge on any atom is -0.508 e. The van der Waals surface area contributed by atoms with E-state index in [1.54, 1.807) is 24.3 Å². The van der Waals surface area contributed by atoms with Crippen LogP contribution in [-0.2, 0) is 0 Å². The van der Waals surface area contributed by atoms with Crippen molar-refractivity contribution < 1.29 is 9.90 Å². The number of benzene rings is 1. The minimum absolute atomic E-state index is 0.179. The highest BCUT2D eigenvalue weighted by Crippen LogP contribution is 2.17. The summed E-state index contributed by atoms with van der Waals surface area (Å²) in [4.78, 5) is 11.9. The van der Waals surface area contributed by atoms with Gasteiger partial charge in [0.2, 0.25) is 0 Å². The van der Waals surface area contributed by atoms with E-state index in [0.717, 1.165) is 6.42 Å². The molecule has 0 fully saturated rings. The zero-order chi connectivity index (χ0) is 34.4. The Labute approximate surface area is 299 Å². The molecule has 0 atom stereocenters. The van der Waals surface area contributed by atoms with Gasteiger partial charge in [-0.05, 0) is 30.7 Å².